The summed E-state index contributed by atoms with van der Waals surface area (Å²) in [6.45, 7) is 3.76. The maximum absolute atomic E-state index is 12.3. The second kappa shape index (κ2) is 7.74. The van der Waals surface area contributed by atoms with Crippen molar-refractivity contribution in [3.05, 3.63) is 58.0 Å². The van der Waals surface area contributed by atoms with Crippen LogP contribution in [0.5, 0.6) is 0 Å². The van der Waals surface area contributed by atoms with Gasteiger partial charge in [0.25, 0.3) is 11.5 Å². The Morgan fingerprint density at radius 1 is 1.30 bits per heavy atom. The number of hydrogen-bond donors (Lipinski definition) is 3. The number of nitrogens with one attached hydrogen (secondary N) is 2. The van der Waals surface area contributed by atoms with Gasteiger partial charge in [-0.3, -0.25) is 9.59 Å². The van der Waals surface area contributed by atoms with Gasteiger partial charge in [0.15, 0.2) is 0 Å². The van der Waals surface area contributed by atoms with E-state index < -0.39 is 11.5 Å². The van der Waals surface area contributed by atoms with Crippen LogP contribution in [0.15, 0.2) is 41.2 Å². The fourth-order valence-electron chi connectivity index (χ4n) is 2.48. The molecule has 1 heterocycles. The quantitative estimate of drug-likeness (QED) is 0.765. The molecule has 0 saturated heterocycles. The van der Waals surface area contributed by atoms with Crippen LogP contribution in [0, 0.1) is 6.92 Å². The highest BCUT2D eigenvalue weighted by Gasteiger charge is 2.16. The predicted molar refractivity (Wildman–Crippen MR) is 90.5 cm³/mol. The smallest absolute Gasteiger partial charge is 0.261 e. The van der Waals surface area contributed by atoms with Crippen molar-refractivity contribution in [1.82, 2.24) is 10.3 Å². The average molecular weight is 314 g/mol. The van der Waals surface area contributed by atoms with Crippen molar-refractivity contribution in [1.29, 1.82) is 0 Å². The largest absolute Gasteiger partial charge is 0.396 e. The first-order valence-electron chi connectivity index (χ1n) is 7.74. The van der Waals surface area contributed by atoms with Gasteiger partial charge in [0.2, 0.25) is 0 Å². The molecule has 0 radical (unpaired) electrons. The number of pyridine rings is 1. The molecule has 0 fully saturated rings. The lowest BCUT2D eigenvalue weighted by Gasteiger charge is -2.14. The van der Waals surface area contributed by atoms with Gasteiger partial charge in [0.05, 0.1) is 0 Å². The van der Waals surface area contributed by atoms with E-state index in [0.29, 0.717) is 12.8 Å². The van der Waals surface area contributed by atoms with Gasteiger partial charge in [-0.05, 0) is 38.3 Å². The van der Waals surface area contributed by atoms with E-state index in [4.69, 9.17) is 5.11 Å². The number of aliphatic hydroxyl groups is 1. The average Bonchev–Trinajstić information content (AvgIpc) is 2.53. The highest BCUT2D eigenvalue weighted by Crippen LogP contribution is 2.21. The third kappa shape index (κ3) is 4.29. The summed E-state index contributed by atoms with van der Waals surface area (Å²) in [6.07, 6.45) is 1.28. The molecule has 3 N–H and O–H groups in total. The second-order valence-electron chi connectivity index (χ2n) is 5.66. The van der Waals surface area contributed by atoms with E-state index >= 15 is 0 Å². The molecule has 2 rings (SSSR count). The SMILES string of the molecule is Cc1[nH]c(=O)c(C(=O)NC(C)CCCO)cc1-c1ccccc1. The zero-order chi connectivity index (χ0) is 16.8. The van der Waals surface area contributed by atoms with Gasteiger partial charge >= 0.3 is 0 Å². The number of rotatable bonds is 6. The van der Waals surface area contributed by atoms with Gasteiger partial charge in [-0.1, -0.05) is 30.3 Å². The van der Waals surface area contributed by atoms with Crippen molar-refractivity contribution in [2.75, 3.05) is 6.61 Å². The van der Waals surface area contributed by atoms with Gasteiger partial charge in [-0.25, -0.2) is 0 Å². The monoisotopic (exact) mass is 314 g/mol. The molecule has 0 bridgehead atoms. The maximum atomic E-state index is 12.3. The molecule has 0 spiro atoms. The Labute approximate surface area is 135 Å². The van der Waals surface area contributed by atoms with E-state index in [2.05, 4.69) is 10.3 Å². The van der Waals surface area contributed by atoms with Gasteiger partial charge < -0.3 is 15.4 Å². The second-order valence-corrected chi connectivity index (χ2v) is 5.66. The predicted octanol–water partition coefficient (Wildman–Crippen LogP) is 2.24. The third-order valence-corrected chi connectivity index (χ3v) is 3.74. The van der Waals surface area contributed by atoms with E-state index in [1.807, 2.05) is 44.2 Å². The molecule has 122 valence electrons. The fraction of sp³-hybridized carbons (Fsp3) is 0.333. The summed E-state index contributed by atoms with van der Waals surface area (Å²) in [7, 11) is 0. The number of amides is 1. The van der Waals surface area contributed by atoms with Gasteiger partial charge in [-0.15, -0.1) is 0 Å². The Hall–Kier alpha value is -2.40. The Morgan fingerprint density at radius 3 is 2.65 bits per heavy atom. The van der Waals surface area contributed by atoms with E-state index in [-0.39, 0.29) is 18.2 Å². The van der Waals surface area contributed by atoms with E-state index in [0.717, 1.165) is 16.8 Å². The standard InChI is InChI=1S/C18H22N2O3/c1-12(7-6-10-21)19-17(22)16-11-15(13(2)20-18(16)23)14-8-4-3-5-9-14/h3-5,8-9,11-12,21H,6-7,10H2,1-2H3,(H,19,22)(H,20,23). The molecule has 1 atom stereocenters. The summed E-state index contributed by atoms with van der Waals surface area (Å²) < 4.78 is 0. The molecule has 5 nitrogen and oxygen atoms in total. The minimum Gasteiger partial charge on any atom is -0.396 e. The van der Waals surface area contributed by atoms with Gasteiger partial charge in [0, 0.05) is 23.9 Å². The van der Waals surface area contributed by atoms with Crippen LogP contribution >= 0.6 is 0 Å². The minimum absolute atomic E-state index is 0.0868. The van der Waals surface area contributed by atoms with Crippen LogP contribution < -0.4 is 10.9 Å². The Balaban J connectivity index is 2.29. The van der Waals surface area contributed by atoms with Crippen LogP contribution in [-0.2, 0) is 0 Å². The molecule has 0 aliphatic rings. The lowest BCUT2D eigenvalue weighted by molar-refractivity contribution is 0.0935. The molecular weight excluding hydrogens is 292 g/mol. The molecule has 0 aliphatic heterocycles. The minimum atomic E-state index is -0.395. The number of carbonyl (C=O) groups is 1. The van der Waals surface area contributed by atoms with E-state index in [9.17, 15) is 9.59 Å². The Kier molecular flexibility index (Phi) is 5.71. The fourth-order valence-corrected chi connectivity index (χ4v) is 2.48. The number of aromatic nitrogens is 1. The summed E-state index contributed by atoms with van der Waals surface area (Å²) in [5.41, 5.74) is 2.22. The van der Waals surface area contributed by atoms with Crippen molar-refractivity contribution >= 4 is 5.91 Å². The van der Waals surface area contributed by atoms with Crippen molar-refractivity contribution in [3.8, 4) is 11.1 Å². The van der Waals surface area contributed by atoms with Crippen molar-refractivity contribution < 1.29 is 9.90 Å². The molecule has 1 unspecified atom stereocenters. The Morgan fingerprint density at radius 2 is 2.00 bits per heavy atom. The zero-order valence-electron chi connectivity index (χ0n) is 13.4. The maximum Gasteiger partial charge on any atom is 0.261 e. The first kappa shape index (κ1) is 17.0. The summed E-state index contributed by atoms with van der Waals surface area (Å²) in [4.78, 5) is 27.2. The van der Waals surface area contributed by atoms with Crippen LogP contribution in [0.1, 0.15) is 35.8 Å². The summed E-state index contributed by atoms with van der Waals surface area (Å²) in [5, 5.41) is 11.6. The summed E-state index contributed by atoms with van der Waals surface area (Å²) >= 11 is 0. The van der Waals surface area contributed by atoms with Gasteiger partial charge in [-0.2, -0.15) is 0 Å². The molecule has 1 aromatic heterocycles. The third-order valence-electron chi connectivity index (χ3n) is 3.74. The lowest BCUT2D eigenvalue weighted by Crippen LogP contribution is -2.36. The summed E-state index contributed by atoms with van der Waals surface area (Å²) in [6, 6.07) is 11.2. The number of benzene rings is 1. The first-order valence-corrected chi connectivity index (χ1v) is 7.74. The van der Waals surface area contributed by atoms with Crippen LogP contribution in [0.25, 0.3) is 11.1 Å². The number of aromatic amines is 1. The normalized spacial score (nSPS) is 12.0. The number of aryl methyl sites for hydroxylation is 1. The molecule has 1 aromatic carbocycles. The van der Waals surface area contributed by atoms with Crippen molar-refractivity contribution in [2.24, 2.45) is 0 Å². The Bertz CT molecular complexity index is 723. The van der Waals surface area contributed by atoms with Crippen molar-refractivity contribution in [3.63, 3.8) is 0 Å². The topological polar surface area (TPSA) is 82.2 Å². The molecule has 0 aliphatic carbocycles. The molecular formula is C18H22N2O3. The zero-order valence-corrected chi connectivity index (χ0v) is 13.4. The number of aliphatic hydroxyl groups excluding tert-OH is 1. The van der Waals surface area contributed by atoms with Crippen LogP contribution in [0.3, 0.4) is 0 Å². The van der Waals surface area contributed by atoms with Crippen LogP contribution in [-0.4, -0.2) is 28.6 Å². The summed E-state index contributed by atoms with van der Waals surface area (Å²) in [5.74, 6) is -0.395. The highest BCUT2D eigenvalue weighted by molar-refractivity contribution is 5.95. The number of hydrogen-bond acceptors (Lipinski definition) is 3. The highest BCUT2D eigenvalue weighted by atomic mass is 16.3. The van der Waals surface area contributed by atoms with Crippen molar-refractivity contribution in [2.45, 2.75) is 32.7 Å². The number of carbonyl (C=O) groups excluding carboxylic acids is 1. The van der Waals surface area contributed by atoms with Gasteiger partial charge in [0.1, 0.15) is 5.56 Å². The molecule has 1 amide bonds. The molecule has 0 saturated carbocycles. The van der Waals surface area contributed by atoms with Crippen LogP contribution in [0.4, 0.5) is 0 Å². The molecule has 2 aromatic rings. The first-order chi connectivity index (χ1) is 11.0. The van der Waals surface area contributed by atoms with E-state index in [1.165, 1.54) is 0 Å². The number of H-pyrrole nitrogens is 1. The molecule has 23 heavy (non-hydrogen) atoms. The molecule has 5 heteroatoms. The van der Waals surface area contributed by atoms with Crippen LogP contribution in [0.2, 0.25) is 0 Å². The van der Waals surface area contributed by atoms with E-state index in [1.54, 1.807) is 6.07 Å². The lowest BCUT2D eigenvalue weighted by atomic mass is 10.0.